The summed E-state index contributed by atoms with van der Waals surface area (Å²) in [6.07, 6.45) is 4.09. The summed E-state index contributed by atoms with van der Waals surface area (Å²) < 4.78 is 0.718. The van der Waals surface area contributed by atoms with Crippen LogP contribution in [-0.4, -0.2) is 10.9 Å². The molecule has 2 aromatic carbocycles. The molecule has 10 saturated heterocycles. The monoisotopic (exact) mass is 408 g/mol. The number of benzene rings is 2. The van der Waals surface area contributed by atoms with E-state index >= 15 is 0 Å². The molecule has 1 N–H and O–H groups in total. The first kappa shape index (κ1) is 12.0. The Morgan fingerprint density at radius 2 is 1.46 bits per heavy atom. The first-order valence-corrected chi connectivity index (χ1v) is 16.9. The third kappa shape index (κ3) is 0.193. The molecule has 10 aliphatic rings. The second-order valence-corrected chi connectivity index (χ2v) is 36.6. The number of rotatable bonds is 4. The fraction of sp³-hybridized carbons (Fsp3) is 0.400. The zero-order valence-electron chi connectivity index (χ0n) is 15.2. The Kier molecular flexibility index (Phi) is 0.604. The molecular formula is C25H20FeO2. The van der Waals surface area contributed by atoms with Gasteiger partial charge in [-0.1, -0.05) is 0 Å². The summed E-state index contributed by atoms with van der Waals surface area (Å²) in [7, 11) is 0. The molecule has 140 valence electrons. The van der Waals surface area contributed by atoms with Crippen molar-refractivity contribution in [3.8, 4) is 5.75 Å². The molecule has 0 saturated carbocycles. The van der Waals surface area contributed by atoms with Crippen LogP contribution in [0, 0.1) is 0 Å². The predicted octanol–water partition coefficient (Wildman–Crippen LogP) is 5.84. The van der Waals surface area contributed by atoms with E-state index < -0.39 is 6.51 Å². The Labute approximate surface area is 152 Å². The average Bonchev–Trinajstić information content (AvgIpc) is 3.67. The normalized spacial score (nSPS) is 79.6. The van der Waals surface area contributed by atoms with Crippen molar-refractivity contribution in [3.63, 3.8) is 0 Å². The number of aromatic hydroxyl groups is 1. The van der Waals surface area contributed by atoms with E-state index in [4.69, 9.17) is 0 Å². The van der Waals surface area contributed by atoms with Gasteiger partial charge in [-0.15, -0.1) is 0 Å². The molecule has 3 heteroatoms. The van der Waals surface area contributed by atoms with Gasteiger partial charge in [-0.3, -0.25) is 0 Å². The Morgan fingerprint density at radius 3 is 2.04 bits per heavy atom. The molecule has 0 aliphatic carbocycles. The Balaban J connectivity index is 1.15. The van der Waals surface area contributed by atoms with Gasteiger partial charge in [0.2, 0.25) is 0 Å². The standard InChI is InChI=1S/C14H11O.C11H9O.Fe/c15-14(13-8-4-5-9-13)11-10-12-6-2-1-3-7-12;12-11-7-5-10(6-8-11)9-3-1-2-4-9;/h1-11H;1-8,12H;. The van der Waals surface area contributed by atoms with Crippen LogP contribution >= 0.6 is 0 Å². The zero-order chi connectivity index (χ0) is 18.0. The second kappa shape index (κ2) is 1.41. The molecule has 1 spiro atoms. The van der Waals surface area contributed by atoms with Crippen molar-refractivity contribution in [1.29, 1.82) is 0 Å². The van der Waals surface area contributed by atoms with Gasteiger partial charge in [0.1, 0.15) is 0 Å². The van der Waals surface area contributed by atoms with Crippen LogP contribution in [0.25, 0.3) is 6.08 Å². The number of hydrogen-bond donors (Lipinski definition) is 1. The molecule has 2 aromatic rings. The third-order valence-electron chi connectivity index (χ3n) is 17.7. The number of allylic oxidation sites excluding steroid dienone is 1. The van der Waals surface area contributed by atoms with E-state index in [1.807, 2.05) is 24.3 Å². The number of hydrogen-bond acceptors (Lipinski definition) is 2. The second-order valence-electron chi connectivity index (χ2n) is 13.4. The quantitative estimate of drug-likeness (QED) is 0.510. The molecule has 0 radical (unpaired) electrons. The summed E-state index contributed by atoms with van der Waals surface area (Å²) in [6, 6.07) is 18.6. The number of phenols is 1. The fourth-order valence-corrected chi connectivity index (χ4v) is 95.5. The number of carbonyl (C=O) groups excluding carboxylic acids is 1. The number of phenolic OH excluding ortho intramolecular Hbond substituents is 1. The van der Waals surface area contributed by atoms with Gasteiger partial charge in [-0.25, -0.2) is 0 Å². The average molecular weight is 408 g/mol. The summed E-state index contributed by atoms with van der Waals surface area (Å²) in [5.74, 6) is 0.938. The minimum atomic E-state index is -3.82. The van der Waals surface area contributed by atoms with Crippen molar-refractivity contribution in [2.75, 3.05) is 0 Å². The van der Waals surface area contributed by atoms with Gasteiger partial charge in [0.25, 0.3) is 0 Å². The minimum absolute atomic E-state index is 0.206. The summed E-state index contributed by atoms with van der Waals surface area (Å²) in [6.45, 7) is -3.82. The van der Waals surface area contributed by atoms with E-state index in [9.17, 15) is 9.90 Å². The van der Waals surface area contributed by atoms with Crippen LogP contribution in [-0.2, 0) is 15.6 Å². The predicted molar refractivity (Wildman–Crippen MR) is 103 cm³/mol. The van der Waals surface area contributed by atoms with Crippen molar-refractivity contribution in [3.05, 3.63) is 71.8 Å². The van der Waals surface area contributed by atoms with Gasteiger partial charge < -0.3 is 0 Å². The van der Waals surface area contributed by atoms with Crippen molar-refractivity contribution in [1.82, 2.24) is 0 Å². The SMILES string of the molecule is O=C(C=Cc1ccccc1)[C]12[CH]3[CH]4[CH]5[CH]1[Fe]45321678[CH]2[CH]1[CH]6[C]7(c1ccc(O)cc1)[CH]28. The molecule has 2 nitrogen and oxygen atoms in total. The van der Waals surface area contributed by atoms with E-state index in [1.54, 1.807) is 5.56 Å². The van der Waals surface area contributed by atoms with Gasteiger partial charge in [0.15, 0.2) is 0 Å². The van der Waals surface area contributed by atoms with E-state index in [0.717, 1.165) is 44.1 Å². The van der Waals surface area contributed by atoms with Gasteiger partial charge >= 0.3 is 153 Å². The Hall–Kier alpha value is -1.83. The maximum absolute atomic E-state index is 13.9. The van der Waals surface area contributed by atoms with Crippen molar-refractivity contribution < 1.29 is 16.4 Å². The van der Waals surface area contributed by atoms with Gasteiger partial charge in [-0.2, -0.15) is 0 Å². The summed E-state index contributed by atoms with van der Waals surface area (Å²) in [5, 5.41) is 9.85. The number of carbonyl (C=O) groups is 1. The van der Waals surface area contributed by atoms with Crippen molar-refractivity contribution >= 4 is 11.9 Å². The molecule has 0 aromatic heterocycles. The van der Waals surface area contributed by atoms with Gasteiger partial charge in [0, 0.05) is 0 Å². The van der Waals surface area contributed by atoms with E-state index in [1.165, 1.54) is 0 Å². The van der Waals surface area contributed by atoms with Crippen LogP contribution in [0.15, 0.2) is 60.7 Å². The fourth-order valence-electron chi connectivity index (χ4n) is 19.6. The van der Waals surface area contributed by atoms with Crippen LogP contribution in [0.5, 0.6) is 5.75 Å². The molecule has 28 heavy (non-hydrogen) atoms. The first-order chi connectivity index (χ1) is 13.4. The maximum atomic E-state index is 13.9. The number of fused-ring (bicyclic) bond motifs is 10. The van der Waals surface area contributed by atoms with Gasteiger partial charge in [0.05, 0.1) is 0 Å². The zero-order valence-corrected chi connectivity index (χ0v) is 16.3. The van der Waals surface area contributed by atoms with Crippen LogP contribution in [0.3, 0.4) is 0 Å². The van der Waals surface area contributed by atoms with Crippen molar-refractivity contribution in [2.45, 2.75) is 47.2 Å². The summed E-state index contributed by atoms with van der Waals surface area (Å²) in [4.78, 5) is 22.0. The first-order valence-electron chi connectivity index (χ1n) is 10.7. The molecule has 10 heterocycles. The van der Waals surface area contributed by atoms with E-state index in [0.29, 0.717) is 15.8 Å². The molecule has 10 aliphatic heterocycles. The topological polar surface area (TPSA) is 37.3 Å². The molecule has 12 rings (SSSR count). The van der Waals surface area contributed by atoms with Crippen molar-refractivity contribution in [2.24, 2.45) is 0 Å². The van der Waals surface area contributed by atoms with E-state index in [2.05, 4.69) is 42.5 Å². The molecule has 10 fully saturated rings. The molecule has 0 bridgehead atoms. The van der Waals surface area contributed by atoms with Gasteiger partial charge in [-0.05, 0) is 0 Å². The molecule has 0 amide bonds. The molecular weight excluding hydrogens is 388 g/mol. The number of ketones is 1. The van der Waals surface area contributed by atoms with Crippen LogP contribution in [0.1, 0.15) is 11.1 Å². The third-order valence-corrected chi connectivity index (χ3v) is 60.5. The summed E-state index contributed by atoms with van der Waals surface area (Å²) in [5.41, 5.74) is 2.70. The molecule has 8 unspecified atom stereocenters. The van der Waals surface area contributed by atoms with Crippen LogP contribution in [0.2, 0.25) is 42.8 Å². The van der Waals surface area contributed by atoms with Crippen LogP contribution in [0.4, 0.5) is 0 Å². The summed E-state index contributed by atoms with van der Waals surface area (Å²) >= 11 is 0. The Morgan fingerprint density at radius 1 is 0.857 bits per heavy atom. The van der Waals surface area contributed by atoms with E-state index in [-0.39, 0.29) is 4.31 Å². The van der Waals surface area contributed by atoms with Crippen LogP contribution < -0.4 is 0 Å². The molecule has 8 atom stereocenters. The Bertz CT molecular complexity index is 1680.